The van der Waals surface area contributed by atoms with Crippen LogP contribution in [0.4, 0.5) is 0 Å². The van der Waals surface area contributed by atoms with Gasteiger partial charge < -0.3 is 39.6 Å². The zero-order chi connectivity index (χ0) is 37.5. The zero-order valence-corrected chi connectivity index (χ0v) is 31.4. The number of rotatable bonds is 18. The number of carboxylic acid groups (broad SMARTS) is 1. The van der Waals surface area contributed by atoms with Crippen molar-refractivity contribution in [2.24, 2.45) is 0 Å². The molecule has 0 saturated heterocycles. The van der Waals surface area contributed by atoms with Crippen molar-refractivity contribution in [1.82, 2.24) is 10.6 Å². The maximum Gasteiger partial charge on any atom is 0.323 e. The number of hydrogen-bond acceptors (Lipinski definition) is 9. The number of halogens is 2. The van der Waals surface area contributed by atoms with E-state index in [4.69, 9.17) is 47.3 Å². The first kappa shape index (κ1) is 38.7. The molecule has 0 aromatic heterocycles. The van der Waals surface area contributed by atoms with Crippen LogP contribution in [0.3, 0.4) is 0 Å². The number of aliphatic hydroxyl groups excluding tert-OH is 2. The first-order valence-corrected chi connectivity index (χ1v) is 18.9. The van der Waals surface area contributed by atoms with Crippen LogP contribution in [-0.4, -0.2) is 60.3 Å². The van der Waals surface area contributed by atoms with Crippen LogP contribution in [0, 0.1) is 0 Å². The number of nitrogens with one attached hydrogen (secondary N) is 2. The molecule has 53 heavy (non-hydrogen) atoms. The van der Waals surface area contributed by atoms with Gasteiger partial charge in [-0.05, 0) is 85.0 Å². The molecule has 0 spiro atoms. The number of aliphatic carboxylic acids is 1. The second-order valence-corrected chi connectivity index (χ2v) is 13.9. The molecule has 282 valence electrons. The van der Waals surface area contributed by atoms with Gasteiger partial charge in [-0.25, -0.2) is 0 Å². The molecule has 0 heterocycles. The van der Waals surface area contributed by atoms with E-state index >= 15 is 0 Å². The fourth-order valence-electron chi connectivity index (χ4n) is 7.24. The van der Waals surface area contributed by atoms with Crippen LogP contribution in [-0.2, 0) is 30.7 Å². The van der Waals surface area contributed by atoms with Crippen LogP contribution >= 0.6 is 23.2 Å². The summed E-state index contributed by atoms with van der Waals surface area (Å²) in [7, 11) is 0. The van der Waals surface area contributed by atoms with Crippen molar-refractivity contribution in [3.8, 4) is 34.1 Å². The highest BCUT2D eigenvalue weighted by molar-refractivity contribution is 6.32. The molecular weight excluding hydrogens is 719 g/mol. The van der Waals surface area contributed by atoms with Crippen molar-refractivity contribution >= 4 is 29.2 Å². The first-order valence-electron chi connectivity index (χ1n) is 18.1. The molecule has 10 nitrogen and oxygen atoms in total. The summed E-state index contributed by atoms with van der Waals surface area (Å²) in [6.45, 7) is 5.37. The Bertz CT molecular complexity index is 1920. The smallest absolute Gasteiger partial charge is 0.323 e. The Kier molecular flexibility index (Phi) is 13.0. The third kappa shape index (κ3) is 8.70. The number of aliphatic hydroxyl groups is 2. The predicted molar refractivity (Wildman–Crippen MR) is 205 cm³/mol. The van der Waals surface area contributed by atoms with E-state index in [2.05, 4.69) is 47.0 Å². The van der Waals surface area contributed by atoms with Gasteiger partial charge >= 0.3 is 5.97 Å². The van der Waals surface area contributed by atoms with E-state index in [0.29, 0.717) is 64.9 Å². The molecule has 0 aliphatic heterocycles. The van der Waals surface area contributed by atoms with Crippen molar-refractivity contribution < 1.29 is 39.1 Å². The van der Waals surface area contributed by atoms with E-state index < -0.39 is 18.6 Å². The number of carbonyl (C=O) groups is 1. The molecule has 0 amide bonds. The van der Waals surface area contributed by atoms with Gasteiger partial charge in [0.25, 0.3) is 0 Å². The molecule has 5 N–H and O–H groups in total. The van der Waals surface area contributed by atoms with Crippen molar-refractivity contribution in [3.63, 3.8) is 0 Å². The minimum Gasteiger partial charge on any atom is -0.493 e. The van der Waals surface area contributed by atoms with E-state index in [1.807, 2.05) is 26.0 Å². The van der Waals surface area contributed by atoms with Crippen molar-refractivity contribution in [3.05, 3.63) is 104 Å². The monoisotopic (exact) mass is 764 g/mol. The summed E-state index contributed by atoms with van der Waals surface area (Å²) in [6, 6.07) is 18.9. The van der Waals surface area contributed by atoms with Gasteiger partial charge in [-0.3, -0.25) is 10.1 Å². The van der Waals surface area contributed by atoms with Crippen LogP contribution in [0.5, 0.6) is 23.0 Å². The minimum absolute atomic E-state index is 0.0489. The normalized spacial score (nSPS) is 16.6. The third-order valence-corrected chi connectivity index (χ3v) is 10.3. The van der Waals surface area contributed by atoms with Gasteiger partial charge in [-0.1, -0.05) is 59.6 Å². The number of hydrogen-bond donors (Lipinski definition) is 5. The summed E-state index contributed by atoms with van der Waals surface area (Å²) in [6.07, 6.45) is 2.91. The molecule has 0 bridgehead atoms. The van der Waals surface area contributed by atoms with Crippen LogP contribution in [0.2, 0.25) is 10.0 Å². The van der Waals surface area contributed by atoms with Crippen LogP contribution in [0.25, 0.3) is 11.1 Å². The Morgan fingerprint density at radius 2 is 1.28 bits per heavy atom. The number of benzene rings is 4. The molecular formula is C41H46Cl2N2O8. The van der Waals surface area contributed by atoms with Gasteiger partial charge in [0.1, 0.15) is 41.2 Å². The van der Waals surface area contributed by atoms with Crippen molar-refractivity contribution in [2.75, 3.05) is 33.0 Å². The van der Waals surface area contributed by atoms with Gasteiger partial charge in [-0.2, -0.15) is 0 Å². The van der Waals surface area contributed by atoms with Gasteiger partial charge in [0.2, 0.25) is 0 Å². The quantitative estimate of drug-likeness (QED) is 0.0661. The molecule has 0 radical (unpaired) electrons. The van der Waals surface area contributed by atoms with Gasteiger partial charge in [0.05, 0.1) is 36.5 Å². The largest absolute Gasteiger partial charge is 0.493 e. The molecule has 4 aromatic carbocycles. The Hall–Kier alpha value is -4.03. The van der Waals surface area contributed by atoms with Crippen molar-refractivity contribution in [1.29, 1.82) is 0 Å². The number of fused-ring (bicyclic) bond motifs is 2. The Morgan fingerprint density at radius 3 is 1.74 bits per heavy atom. The van der Waals surface area contributed by atoms with E-state index in [-0.39, 0.29) is 25.4 Å². The predicted octanol–water partition coefficient (Wildman–Crippen LogP) is 7.21. The minimum atomic E-state index is -1.14. The standard InChI is InChI=1S/C41H46Cl2N2O8/c1-3-50-37-19-39(32(42)17-24(37)21-44-15-16-46)52-35-13-11-28-26(7-5-9-30(28)35)27-8-6-10-31-29(27)12-14-36(31)53-40-20-38(51-4-2)25(18-33(40)43)22-45-34(23-47)41(48)49/h5-10,17-20,34-36,44-47H,3-4,11-16,21-23H2,1-2H3,(H,48,49)/t34-,35+,36+/m1/s1. The highest BCUT2D eigenvalue weighted by Gasteiger charge is 2.32. The molecule has 0 saturated carbocycles. The third-order valence-electron chi connectivity index (χ3n) is 9.71. The highest BCUT2D eigenvalue weighted by Crippen LogP contribution is 2.47. The molecule has 4 aromatic rings. The molecule has 0 fully saturated rings. The zero-order valence-electron chi connectivity index (χ0n) is 29.9. The molecule has 12 heteroatoms. The van der Waals surface area contributed by atoms with Crippen LogP contribution in [0.15, 0.2) is 60.7 Å². The van der Waals surface area contributed by atoms with E-state index in [1.165, 1.54) is 22.3 Å². The Balaban J connectivity index is 1.22. The molecule has 6 rings (SSSR count). The van der Waals surface area contributed by atoms with Gasteiger partial charge in [0.15, 0.2) is 0 Å². The highest BCUT2D eigenvalue weighted by atomic mass is 35.5. The van der Waals surface area contributed by atoms with E-state index in [0.717, 1.165) is 42.4 Å². The van der Waals surface area contributed by atoms with E-state index in [9.17, 15) is 15.0 Å². The lowest BCUT2D eigenvalue weighted by Gasteiger charge is -2.20. The van der Waals surface area contributed by atoms with Crippen molar-refractivity contribution in [2.45, 2.75) is 70.9 Å². The summed E-state index contributed by atoms with van der Waals surface area (Å²) < 4.78 is 25.0. The molecule has 2 aliphatic rings. The lowest BCUT2D eigenvalue weighted by atomic mass is 9.91. The first-order chi connectivity index (χ1) is 25.8. The number of ether oxygens (including phenoxy) is 4. The average Bonchev–Trinajstić information content (AvgIpc) is 3.76. The maximum atomic E-state index is 11.4. The number of carboxylic acids is 1. The topological polar surface area (TPSA) is 139 Å². The average molecular weight is 766 g/mol. The summed E-state index contributed by atoms with van der Waals surface area (Å²) in [5.41, 5.74) is 8.71. The van der Waals surface area contributed by atoms with Crippen LogP contribution in [0.1, 0.15) is 72.3 Å². The lowest BCUT2D eigenvalue weighted by Crippen LogP contribution is -2.39. The maximum absolute atomic E-state index is 11.4. The fourth-order valence-corrected chi connectivity index (χ4v) is 7.70. The van der Waals surface area contributed by atoms with Gasteiger partial charge in [-0.15, -0.1) is 0 Å². The second-order valence-electron chi connectivity index (χ2n) is 13.0. The molecule has 2 aliphatic carbocycles. The van der Waals surface area contributed by atoms with E-state index in [1.54, 1.807) is 12.1 Å². The molecule has 0 unspecified atom stereocenters. The second kappa shape index (κ2) is 17.9. The summed E-state index contributed by atoms with van der Waals surface area (Å²) in [4.78, 5) is 11.4. The fraction of sp³-hybridized carbons (Fsp3) is 0.390. The molecule has 3 atom stereocenters. The lowest BCUT2D eigenvalue weighted by molar-refractivity contribution is -0.140. The van der Waals surface area contributed by atoms with Gasteiger partial charge in [0, 0.05) is 42.9 Å². The summed E-state index contributed by atoms with van der Waals surface area (Å²) in [5.74, 6) is 1.16. The van der Waals surface area contributed by atoms with Crippen LogP contribution < -0.4 is 29.6 Å². The Morgan fingerprint density at radius 1 is 0.774 bits per heavy atom. The Labute approximate surface area is 319 Å². The summed E-state index contributed by atoms with van der Waals surface area (Å²) >= 11 is 13.5. The summed E-state index contributed by atoms with van der Waals surface area (Å²) in [5, 5.41) is 34.8. The SMILES string of the molecule is CCOc1cc(O[C@H]2CCc3c(-c4cccc5c4CC[C@@H]5Oc4cc(OCC)c(CN[C@H](CO)C(=O)O)cc4Cl)cccc32)c(Cl)cc1CNCCO.